The highest BCUT2D eigenvalue weighted by Crippen LogP contribution is 2.25. The Balaban J connectivity index is 1.69. The van der Waals surface area contributed by atoms with Crippen molar-refractivity contribution < 1.29 is 4.52 Å². The fourth-order valence-electron chi connectivity index (χ4n) is 2.31. The van der Waals surface area contributed by atoms with Crippen molar-refractivity contribution in [2.45, 2.75) is 6.54 Å². The molecule has 3 heterocycles. The summed E-state index contributed by atoms with van der Waals surface area (Å²) >= 11 is 1.59. The molecule has 5 nitrogen and oxygen atoms in total. The maximum Gasteiger partial charge on any atom is 0.261 e. The van der Waals surface area contributed by atoms with Crippen LogP contribution >= 0.6 is 11.3 Å². The Morgan fingerprint density at radius 2 is 2.09 bits per heavy atom. The van der Waals surface area contributed by atoms with Crippen molar-refractivity contribution >= 4 is 22.2 Å². The summed E-state index contributed by atoms with van der Waals surface area (Å²) in [5.41, 5.74) is 1.32. The molecule has 22 heavy (non-hydrogen) atoms. The number of rotatable bonds is 3. The fourth-order valence-corrected chi connectivity index (χ4v) is 2.99. The van der Waals surface area contributed by atoms with Crippen LogP contribution in [0.4, 0.5) is 0 Å². The lowest BCUT2D eigenvalue weighted by atomic mass is 10.2. The molecule has 0 saturated heterocycles. The largest absolute Gasteiger partial charge is 0.355 e. The van der Waals surface area contributed by atoms with Crippen LogP contribution in [0.1, 0.15) is 5.69 Å². The lowest BCUT2D eigenvalue weighted by molar-refractivity contribution is 0.421. The number of aromatic nitrogens is 3. The van der Waals surface area contributed by atoms with Crippen molar-refractivity contribution in [2.24, 2.45) is 0 Å². The molecule has 0 aliphatic heterocycles. The first kappa shape index (κ1) is 13.0. The Labute approximate surface area is 129 Å². The summed E-state index contributed by atoms with van der Waals surface area (Å²) in [6, 6.07) is 13.1. The molecule has 0 saturated carbocycles. The summed E-state index contributed by atoms with van der Waals surface area (Å²) in [4.78, 5) is 17.8. The van der Waals surface area contributed by atoms with E-state index in [9.17, 15) is 4.79 Å². The van der Waals surface area contributed by atoms with Crippen LogP contribution in [0.5, 0.6) is 0 Å². The van der Waals surface area contributed by atoms with E-state index in [4.69, 9.17) is 4.52 Å². The number of hydrogen-bond donors (Lipinski definition) is 0. The second-order valence-electron chi connectivity index (χ2n) is 4.85. The molecule has 0 atom stereocenters. The Morgan fingerprint density at radius 1 is 1.18 bits per heavy atom. The number of thiophene rings is 1. The normalized spacial score (nSPS) is 11.1. The van der Waals surface area contributed by atoms with Gasteiger partial charge in [-0.3, -0.25) is 9.36 Å². The van der Waals surface area contributed by atoms with E-state index >= 15 is 0 Å². The minimum atomic E-state index is -0.0775. The highest BCUT2D eigenvalue weighted by atomic mass is 32.1. The predicted octanol–water partition coefficient (Wildman–Crippen LogP) is 3.16. The summed E-state index contributed by atoms with van der Waals surface area (Å²) in [5.74, 6) is 0.715. The predicted molar refractivity (Wildman–Crippen MR) is 84.9 cm³/mol. The summed E-state index contributed by atoms with van der Waals surface area (Å²) in [6.07, 6.45) is 1.55. The maximum absolute atomic E-state index is 12.4. The van der Waals surface area contributed by atoms with Crippen LogP contribution in [-0.2, 0) is 6.54 Å². The molecule has 4 rings (SSSR count). The van der Waals surface area contributed by atoms with E-state index < -0.39 is 0 Å². The van der Waals surface area contributed by atoms with Gasteiger partial charge in [-0.15, -0.1) is 11.3 Å². The summed E-state index contributed by atoms with van der Waals surface area (Å²) in [6.45, 7) is 0.339. The highest BCUT2D eigenvalue weighted by Gasteiger charge is 2.10. The number of hydrogen-bond acceptors (Lipinski definition) is 5. The van der Waals surface area contributed by atoms with Gasteiger partial charge in [0.2, 0.25) is 0 Å². The minimum Gasteiger partial charge on any atom is -0.355 e. The standard InChI is InChI=1S/C16H11N3O2S/c20-16-12-4-1-2-5-13(12)17-10-19(16)9-11-8-14(21-18-11)15-6-3-7-22-15/h1-8,10H,9H2. The molecule has 0 bridgehead atoms. The lowest BCUT2D eigenvalue weighted by Gasteiger charge is -2.03. The number of fused-ring (bicyclic) bond motifs is 1. The van der Waals surface area contributed by atoms with Crippen LogP contribution in [0.2, 0.25) is 0 Å². The van der Waals surface area contributed by atoms with Gasteiger partial charge >= 0.3 is 0 Å². The topological polar surface area (TPSA) is 60.9 Å². The molecular formula is C16H11N3O2S. The van der Waals surface area contributed by atoms with Crippen LogP contribution in [-0.4, -0.2) is 14.7 Å². The van der Waals surface area contributed by atoms with Gasteiger partial charge in [-0.05, 0) is 23.6 Å². The molecule has 0 aliphatic rings. The van der Waals surface area contributed by atoms with E-state index in [2.05, 4.69) is 10.1 Å². The van der Waals surface area contributed by atoms with Gasteiger partial charge in [0.15, 0.2) is 5.76 Å². The molecule has 0 fully saturated rings. The van der Waals surface area contributed by atoms with Crippen molar-refractivity contribution in [1.82, 2.24) is 14.7 Å². The van der Waals surface area contributed by atoms with E-state index in [1.807, 2.05) is 41.8 Å². The zero-order chi connectivity index (χ0) is 14.9. The third kappa shape index (κ3) is 2.23. The average Bonchev–Trinajstić information content (AvgIpc) is 3.21. The molecule has 6 heteroatoms. The zero-order valence-electron chi connectivity index (χ0n) is 11.5. The van der Waals surface area contributed by atoms with Gasteiger partial charge in [0.05, 0.1) is 28.7 Å². The number of para-hydroxylation sites is 1. The van der Waals surface area contributed by atoms with Crippen LogP contribution in [0, 0.1) is 0 Å². The van der Waals surface area contributed by atoms with Crippen molar-refractivity contribution in [3.05, 3.63) is 70.2 Å². The summed E-state index contributed by atoms with van der Waals surface area (Å²) in [7, 11) is 0. The van der Waals surface area contributed by atoms with Crippen LogP contribution < -0.4 is 5.56 Å². The van der Waals surface area contributed by atoms with Gasteiger partial charge in [0, 0.05) is 6.07 Å². The quantitative estimate of drug-likeness (QED) is 0.583. The molecular weight excluding hydrogens is 298 g/mol. The molecule has 3 aromatic heterocycles. The maximum atomic E-state index is 12.4. The van der Waals surface area contributed by atoms with Gasteiger partial charge < -0.3 is 4.52 Å². The van der Waals surface area contributed by atoms with E-state index in [0.29, 0.717) is 28.9 Å². The van der Waals surface area contributed by atoms with Gasteiger partial charge in [0.25, 0.3) is 5.56 Å². The van der Waals surface area contributed by atoms with Gasteiger partial charge in [-0.1, -0.05) is 23.4 Å². The van der Waals surface area contributed by atoms with Gasteiger partial charge in [0.1, 0.15) is 5.69 Å². The summed E-state index contributed by atoms with van der Waals surface area (Å²) in [5, 5.41) is 6.62. The monoisotopic (exact) mass is 309 g/mol. The van der Waals surface area contributed by atoms with Gasteiger partial charge in [-0.25, -0.2) is 4.98 Å². The van der Waals surface area contributed by atoms with E-state index in [1.165, 1.54) is 0 Å². The zero-order valence-corrected chi connectivity index (χ0v) is 12.3. The Bertz CT molecular complexity index is 986. The van der Waals surface area contributed by atoms with Crippen LogP contribution in [0.15, 0.2) is 63.5 Å². The lowest BCUT2D eigenvalue weighted by Crippen LogP contribution is -2.21. The molecule has 0 amide bonds. The number of nitrogens with zero attached hydrogens (tertiary/aromatic N) is 3. The van der Waals surface area contributed by atoms with E-state index in [1.54, 1.807) is 28.3 Å². The van der Waals surface area contributed by atoms with Crippen molar-refractivity contribution in [2.75, 3.05) is 0 Å². The molecule has 0 aliphatic carbocycles. The molecule has 0 spiro atoms. The molecule has 4 aromatic rings. The second kappa shape index (κ2) is 5.23. The Kier molecular flexibility index (Phi) is 3.08. The molecule has 108 valence electrons. The highest BCUT2D eigenvalue weighted by molar-refractivity contribution is 7.13. The van der Waals surface area contributed by atoms with Gasteiger partial charge in [-0.2, -0.15) is 0 Å². The molecule has 0 N–H and O–H groups in total. The van der Waals surface area contributed by atoms with Crippen molar-refractivity contribution in [3.63, 3.8) is 0 Å². The average molecular weight is 309 g/mol. The fraction of sp³-hybridized carbons (Fsp3) is 0.0625. The molecule has 1 aromatic carbocycles. The SMILES string of the molecule is O=c1c2ccccc2ncn1Cc1cc(-c2cccs2)on1. The van der Waals surface area contributed by atoms with Crippen LogP contribution in [0.3, 0.4) is 0 Å². The second-order valence-corrected chi connectivity index (χ2v) is 5.80. The van der Waals surface area contributed by atoms with Crippen LogP contribution in [0.25, 0.3) is 21.5 Å². The first-order chi connectivity index (χ1) is 10.8. The van der Waals surface area contributed by atoms with Crippen molar-refractivity contribution in [1.29, 1.82) is 0 Å². The third-order valence-corrected chi connectivity index (χ3v) is 4.27. The Morgan fingerprint density at radius 3 is 2.95 bits per heavy atom. The first-order valence-electron chi connectivity index (χ1n) is 6.75. The molecule has 0 unspecified atom stereocenters. The Hall–Kier alpha value is -2.73. The number of benzene rings is 1. The first-order valence-corrected chi connectivity index (χ1v) is 7.63. The minimum absolute atomic E-state index is 0.0775. The summed E-state index contributed by atoms with van der Waals surface area (Å²) < 4.78 is 6.87. The smallest absolute Gasteiger partial charge is 0.261 e. The van der Waals surface area contributed by atoms with Crippen molar-refractivity contribution in [3.8, 4) is 10.6 Å². The third-order valence-electron chi connectivity index (χ3n) is 3.39. The molecule has 0 radical (unpaired) electrons. The van der Waals surface area contributed by atoms with E-state index in [0.717, 1.165) is 4.88 Å². The van der Waals surface area contributed by atoms with E-state index in [-0.39, 0.29) is 5.56 Å².